The highest BCUT2D eigenvalue weighted by Gasteiger charge is 2.41. The number of carbonyl (C=O) groups excluding carboxylic acids is 1. The number of benzene rings is 1. The fourth-order valence-electron chi connectivity index (χ4n) is 4.75. The number of fused-ring (bicyclic) bond motifs is 1. The molecule has 8 heteroatoms. The minimum absolute atomic E-state index is 0.0886. The lowest BCUT2D eigenvalue weighted by atomic mass is 9.90. The van der Waals surface area contributed by atoms with Crippen molar-refractivity contribution in [2.24, 2.45) is 0 Å². The maximum Gasteiger partial charge on any atom is 0.223 e. The molecular weight excluding hydrogens is 430 g/mol. The average molecular weight is 456 g/mol. The SMILES string of the molecule is COc1ccccc1C(CC(=O)N1CCC2(CC1)OCCO2)c1cnc2ccc(Cl)cn12. The van der Waals surface area contributed by atoms with Crippen molar-refractivity contribution in [1.82, 2.24) is 14.3 Å². The van der Waals surface area contributed by atoms with Crippen LogP contribution in [0.4, 0.5) is 0 Å². The van der Waals surface area contributed by atoms with Crippen LogP contribution in [-0.4, -0.2) is 59.4 Å². The lowest BCUT2D eigenvalue weighted by molar-refractivity contribution is -0.187. The summed E-state index contributed by atoms with van der Waals surface area (Å²) in [6.45, 7) is 2.49. The van der Waals surface area contributed by atoms with Crippen LogP contribution in [0.3, 0.4) is 0 Å². The summed E-state index contributed by atoms with van der Waals surface area (Å²) in [6, 6.07) is 11.5. The number of hydrogen-bond donors (Lipinski definition) is 0. The second-order valence-electron chi connectivity index (χ2n) is 8.25. The van der Waals surface area contributed by atoms with Crippen molar-refractivity contribution in [3.63, 3.8) is 0 Å². The quantitative estimate of drug-likeness (QED) is 0.584. The van der Waals surface area contributed by atoms with Crippen LogP contribution in [0, 0.1) is 0 Å². The van der Waals surface area contributed by atoms with Crippen molar-refractivity contribution in [2.75, 3.05) is 33.4 Å². The summed E-state index contributed by atoms with van der Waals surface area (Å²) in [6.07, 6.45) is 5.36. The molecule has 1 spiro atoms. The zero-order valence-electron chi connectivity index (χ0n) is 18.0. The number of piperidine rings is 1. The number of para-hydroxylation sites is 1. The van der Waals surface area contributed by atoms with Crippen LogP contribution in [0.2, 0.25) is 5.02 Å². The van der Waals surface area contributed by atoms with Crippen molar-refractivity contribution in [1.29, 1.82) is 0 Å². The van der Waals surface area contributed by atoms with Gasteiger partial charge in [-0.25, -0.2) is 4.98 Å². The molecule has 4 heterocycles. The Morgan fingerprint density at radius 2 is 1.94 bits per heavy atom. The van der Waals surface area contributed by atoms with Crippen LogP contribution in [-0.2, 0) is 14.3 Å². The lowest BCUT2D eigenvalue weighted by Crippen LogP contribution is -2.47. The Bertz CT molecular complexity index is 1120. The van der Waals surface area contributed by atoms with E-state index in [-0.39, 0.29) is 11.8 Å². The Kier molecular flexibility index (Phi) is 5.80. The summed E-state index contributed by atoms with van der Waals surface area (Å²) in [4.78, 5) is 19.9. The number of methoxy groups -OCH3 is 1. The van der Waals surface area contributed by atoms with E-state index in [1.54, 1.807) is 7.11 Å². The Morgan fingerprint density at radius 1 is 1.19 bits per heavy atom. The van der Waals surface area contributed by atoms with Gasteiger partial charge in [0.25, 0.3) is 0 Å². The number of carbonyl (C=O) groups is 1. The first kappa shape index (κ1) is 21.2. The number of hydrogen-bond acceptors (Lipinski definition) is 5. The number of pyridine rings is 1. The minimum atomic E-state index is -0.503. The van der Waals surface area contributed by atoms with Gasteiger partial charge in [-0.15, -0.1) is 0 Å². The summed E-state index contributed by atoms with van der Waals surface area (Å²) in [5, 5.41) is 0.611. The van der Waals surface area contributed by atoms with Crippen LogP contribution in [0.15, 0.2) is 48.8 Å². The third-order valence-electron chi connectivity index (χ3n) is 6.44. The molecule has 0 aliphatic carbocycles. The summed E-state index contributed by atoms with van der Waals surface area (Å²) >= 11 is 6.27. The van der Waals surface area contributed by atoms with Gasteiger partial charge in [-0.1, -0.05) is 29.8 Å². The molecule has 1 atom stereocenters. The first-order valence-corrected chi connectivity index (χ1v) is 11.3. The van der Waals surface area contributed by atoms with E-state index in [0.29, 0.717) is 50.6 Å². The number of amides is 1. The number of rotatable bonds is 5. The van der Waals surface area contributed by atoms with Gasteiger partial charge >= 0.3 is 0 Å². The molecule has 1 amide bonds. The molecule has 2 aliphatic rings. The van der Waals surface area contributed by atoms with Crippen molar-refractivity contribution in [3.8, 4) is 5.75 Å². The maximum atomic E-state index is 13.4. The van der Waals surface area contributed by atoms with E-state index >= 15 is 0 Å². The molecule has 7 nitrogen and oxygen atoms in total. The van der Waals surface area contributed by atoms with Crippen LogP contribution in [0.25, 0.3) is 5.65 Å². The fourth-order valence-corrected chi connectivity index (χ4v) is 4.91. The van der Waals surface area contributed by atoms with E-state index in [2.05, 4.69) is 4.98 Å². The molecule has 2 fully saturated rings. The van der Waals surface area contributed by atoms with Gasteiger partial charge in [-0.05, 0) is 18.2 Å². The zero-order valence-corrected chi connectivity index (χ0v) is 18.8. The predicted octanol–water partition coefficient (Wildman–Crippen LogP) is 3.88. The van der Waals surface area contributed by atoms with Gasteiger partial charge in [0, 0.05) is 56.2 Å². The Labute approximate surface area is 191 Å². The van der Waals surface area contributed by atoms with Crippen molar-refractivity contribution >= 4 is 23.2 Å². The fraction of sp³-hybridized carbons (Fsp3) is 0.417. The average Bonchev–Trinajstić information content (AvgIpc) is 3.45. The topological polar surface area (TPSA) is 65.3 Å². The Balaban J connectivity index is 1.45. The van der Waals surface area contributed by atoms with E-state index in [9.17, 15) is 4.79 Å². The lowest BCUT2D eigenvalue weighted by Gasteiger charge is -2.38. The molecule has 0 saturated carbocycles. The highest BCUT2D eigenvalue weighted by molar-refractivity contribution is 6.30. The second kappa shape index (κ2) is 8.73. The first-order chi connectivity index (χ1) is 15.6. The molecule has 3 aromatic rings. The number of imidazole rings is 1. The molecule has 1 unspecified atom stereocenters. The molecule has 168 valence electrons. The van der Waals surface area contributed by atoms with Gasteiger partial charge in [-0.2, -0.15) is 0 Å². The van der Waals surface area contributed by atoms with Gasteiger partial charge in [0.1, 0.15) is 11.4 Å². The molecular formula is C24H26ClN3O4. The number of nitrogens with zero attached hydrogens (tertiary/aromatic N) is 3. The smallest absolute Gasteiger partial charge is 0.223 e. The summed E-state index contributed by atoms with van der Waals surface area (Å²) in [5.74, 6) is 0.0948. The van der Waals surface area contributed by atoms with E-state index in [1.165, 1.54) is 0 Å². The van der Waals surface area contributed by atoms with Gasteiger partial charge in [0.15, 0.2) is 5.79 Å². The molecule has 2 saturated heterocycles. The summed E-state index contributed by atoms with van der Waals surface area (Å²) in [7, 11) is 1.65. The van der Waals surface area contributed by atoms with Crippen LogP contribution in [0.5, 0.6) is 5.75 Å². The minimum Gasteiger partial charge on any atom is -0.496 e. The van der Waals surface area contributed by atoms with Crippen molar-refractivity contribution in [3.05, 3.63) is 65.1 Å². The predicted molar refractivity (Wildman–Crippen MR) is 120 cm³/mol. The Hall–Kier alpha value is -2.61. The molecule has 0 N–H and O–H groups in total. The third-order valence-corrected chi connectivity index (χ3v) is 6.66. The normalized spacial score (nSPS) is 18.9. The highest BCUT2D eigenvalue weighted by Crippen LogP contribution is 2.37. The first-order valence-electron chi connectivity index (χ1n) is 10.9. The number of likely N-dealkylation sites (tertiary alicyclic amines) is 1. The summed E-state index contributed by atoms with van der Waals surface area (Å²) < 4.78 is 19.2. The van der Waals surface area contributed by atoms with Gasteiger partial charge < -0.3 is 23.5 Å². The standard InChI is InChI=1S/C24H26ClN3O4/c1-30-21-5-3-2-4-18(21)19(20-15-26-22-7-6-17(25)16-28(20)22)14-23(29)27-10-8-24(9-11-27)31-12-13-32-24/h2-7,15-16,19H,8-14H2,1H3. The van der Waals surface area contributed by atoms with Gasteiger partial charge in [0.2, 0.25) is 5.91 Å². The molecule has 32 heavy (non-hydrogen) atoms. The Morgan fingerprint density at radius 3 is 2.69 bits per heavy atom. The molecule has 0 bridgehead atoms. The highest BCUT2D eigenvalue weighted by atomic mass is 35.5. The number of halogens is 1. The van der Waals surface area contributed by atoms with Crippen LogP contribution < -0.4 is 4.74 Å². The summed E-state index contributed by atoms with van der Waals surface area (Å²) in [5.41, 5.74) is 2.63. The molecule has 2 aromatic heterocycles. The van der Waals surface area contributed by atoms with E-state index < -0.39 is 5.79 Å². The van der Waals surface area contributed by atoms with Crippen LogP contribution >= 0.6 is 11.6 Å². The van der Waals surface area contributed by atoms with E-state index in [4.69, 9.17) is 25.8 Å². The maximum absolute atomic E-state index is 13.4. The van der Waals surface area contributed by atoms with E-state index in [0.717, 1.165) is 22.7 Å². The largest absolute Gasteiger partial charge is 0.496 e. The molecule has 1 aromatic carbocycles. The van der Waals surface area contributed by atoms with E-state index in [1.807, 2.05) is 58.1 Å². The van der Waals surface area contributed by atoms with Crippen molar-refractivity contribution < 1.29 is 19.0 Å². The van der Waals surface area contributed by atoms with Gasteiger partial charge in [0.05, 0.1) is 31.0 Å². The molecule has 5 rings (SSSR count). The van der Waals surface area contributed by atoms with Gasteiger partial charge in [-0.3, -0.25) is 4.79 Å². The monoisotopic (exact) mass is 455 g/mol. The number of ether oxygens (including phenoxy) is 3. The molecule has 2 aliphatic heterocycles. The number of aromatic nitrogens is 2. The van der Waals surface area contributed by atoms with Crippen molar-refractivity contribution in [2.45, 2.75) is 31.0 Å². The zero-order chi connectivity index (χ0) is 22.1. The van der Waals surface area contributed by atoms with Crippen LogP contribution in [0.1, 0.15) is 36.4 Å². The third kappa shape index (κ3) is 3.96. The second-order valence-corrected chi connectivity index (χ2v) is 8.68. The molecule has 0 radical (unpaired) electrons.